The van der Waals surface area contributed by atoms with Crippen molar-refractivity contribution < 1.29 is 31.5 Å². The molecule has 3 aromatic rings. The third-order valence-corrected chi connectivity index (χ3v) is 4.69. The summed E-state index contributed by atoms with van der Waals surface area (Å²) in [5.41, 5.74) is -0.774. The Morgan fingerprint density at radius 1 is 1.20 bits per heavy atom. The van der Waals surface area contributed by atoms with Crippen LogP contribution in [0.3, 0.4) is 0 Å². The minimum absolute atomic E-state index is 0.111. The Labute approximate surface area is 196 Å². The number of pyridine rings is 1. The van der Waals surface area contributed by atoms with Gasteiger partial charge in [0.15, 0.2) is 6.19 Å². The number of carbonyl (C=O) groups excluding carboxylic acids is 1. The number of nitrogens with one attached hydrogen (secondary N) is 2. The molecule has 6 nitrogen and oxygen atoms in total. The van der Waals surface area contributed by atoms with Crippen molar-refractivity contribution in [3.63, 3.8) is 0 Å². The highest BCUT2D eigenvalue weighted by molar-refractivity contribution is 6.00. The number of alkyl halides is 3. The summed E-state index contributed by atoms with van der Waals surface area (Å²) in [6, 6.07) is 7.45. The molecule has 0 fully saturated rings. The van der Waals surface area contributed by atoms with Crippen molar-refractivity contribution >= 4 is 17.7 Å². The molecule has 2 aromatic carbocycles. The maximum atomic E-state index is 14.4. The fourth-order valence-electron chi connectivity index (χ4n) is 3.17. The van der Waals surface area contributed by atoms with E-state index < -0.39 is 35.2 Å². The van der Waals surface area contributed by atoms with Gasteiger partial charge in [0.1, 0.15) is 22.9 Å². The van der Waals surface area contributed by atoms with Crippen molar-refractivity contribution in [3.8, 4) is 17.8 Å². The van der Waals surface area contributed by atoms with Gasteiger partial charge in [-0.2, -0.15) is 18.4 Å². The minimum Gasteiger partial charge on any atom is -0.438 e. The third-order valence-electron chi connectivity index (χ3n) is 4.69. The lowest BCUT2D eigenvalue weighted by Gasteiger charge is -2.16. The quantitative estimate of drug-likeness (QED) is 0.241. The van der Waals surface area contributed by atoms with E-state index in [2.05, 4.69) is 10.3 Å². The molecule has 11 heteroatoms. The van der Waals surface area contributed by atoms with Crippen LogP contribution in [0.15, 0.2) is 54.7 Å². The summed E-state index contributed by atoms with van der Waals surface area (Å²) in [5, 5.41) is 13.6. The molecule has 0 aliphatic rings. The number of halogens is 5. The summed E-state index contributed by atoms with van der Waals surface area (Å²) in [4.78, 5) is 16.0. The lowest BCUT2D eigenvalue weighted by molar-refractivity contribution is -0.138. The molecule has 0 saturated carbocycles. The zero-order valence-electron chi connectivity index (χ0n) is 18.1. The number of nitrogens with zero attached hydrogens (tertiary/aromatic N) is 2. The number of allylic oxidation sites excluding steroid dienone is 1. The number of rotatable bonds is 7. The maximum absolute atomic E-state index is 14.4. The average molecular weight is 488 g/mol. The van der Waals surface area contributed by atoms with Crippen LogP contribution in [0, 0.1) is 23.1 Å². The molecule has 0 saturated heterocycles. The van der Waals surface area contributed by atoms with E-state index in [9.17, 15) is 26.7 Å². The fourth-order valence-corrected chi connectivity index (χ4v) is 3.17. The molecular weight excluding hydrogens is 471 g/mol. The van der Waals surface area contributed by atoms with Crippen LogP contribution in [0.5, 0.6) is 11.6 Å². The van der Waals surface area contributed by atoms with E-state index >= 15 is 0 Å². The molecule has 0 bridgehead atoms. The van der Waals surface area contributed by atoms with Gasteiger partial charge in [0.05, 0.1) is 5.56 Å². The van der Waals surface area contributed by atoms with Crippen LogP contribution < -0.4 is 15.4 Å². The number of carbonyl (C=O) groups is 1. The Morgan fingerprint density at radius 2 is 1.97 bits per heavy atom. The molecule has 0 aliphatic carbocycles. The summed E-state index contributed by atoms with van der Waals surface area (Å²) in [5.74, 6) is -3.35. The molecule has 1 heterocycles. The van der Waals surface area contributed by atoms with Crippen molar-refractivity contribution in [1.82, 2.24) is 10.3 Å². The highest BCUT2D eigenvalue weighted by Crippen LogP contribution is 2.37. The number of anilines is 1. The predicted octanol–water partition coefficient (Wildman–Crippen LogP) is 6.03. The summed E-state index contributed by atoms with van der Waals surface area (Å²) in [6.45, 7) is 1.51. The van der Waals surface area contributed by atoms with Crippen molar-refractivity contribution in [3.05, 3.63) is 88.6 Å². The van der Waals surface area contributed by atoms with Crippen LogP contribution in [0.1, 0.15) is 34.0 Å². The zero-order valence-corrected chi connectivity index (χ0v) is 18.1. The smallest absolute Gasteiger partial charge is 0.421 e. The minimum atomic E-state index is -4.73. The standard InChI is InChI=1S/C24H17F5N4O2/c1-2-4-14-9-15(25)10-20(26)18(14)12-32-21-7-6-16(11-17(21)22(34)33-13-30)35-23-19(24(27,28)29)5-3-8-31-23/h2-11,32H,12H2,1H3,(H,33,34). The van der Waals surface area contributed by atoms with Crippen molar-refractivity contribution in [2.75, 3.05) is 5.32 Å². The summed E-state index contributed by atoms with van der Waals surface area (Å²) in [7, 11) is 0. The monoisotopic (exact) mass is 488 g/mol. The molecular formula is C24H17F5N4O2. The van der Waals surface area contributed by atoms with E-state index in [-0.39, 0.29) is 34.7 Å². The van der Waals surface area contributed by atoms with Gasteiger partial charge in [-0.3, -0.25) is 10.1 Å². The summed E-state index contributed by atoms with van der Waals surface area (Å²) in [6.07, 6.45) is 0.963. The lowest BCUT2D eigenvalue weighted by Crippen LogP contribution is -2.19. The van der Waals surface area contributed by atoms with E-state index in [1.165, 1.54) is 24.4 Å². The van der Waals surface area contributed by atoms with Crippen LogP contribution in [0.4, 0.5) is 27.6 Å². The second-order valence-electron chi connectivity index (χ2n) is 7.04. The van der Waals surface area contributed by atoms with Crippen LogP contribution in [-0.4, -0.2) is 10.9 Å². The first-order valence-electron chi connectivity index (χ1n) is 10.0. The molecule has 0 radical (unpaired) electrons. The Balaban J connectivity index is 1.95. The molecule has 2 N–H and O–H groups in total. The molecule has 35 heavy (non-hydrogen) atoms. The van der Waals surface area contributed by atoms with Crippen LogP contribution in [0.2, 0.25) is 0 Å². The van der Waals surface area contributed by atoms with Gasteiger partial charge < -0.3 is 10.1 Å². The number of ether oxygens (including phenoxy) is 1. The zero-order chi connectivity index (χ0) is 25.6. The Kier molecular flexibility index (Phi) is 7.66. The van der Waals surface area contributed by atoms with E-state index in [0.29, 0.717) is 0 Å². The van der Waals surface area contributed by atoms with Gasteiger partial charge in [0, 0.05) is 30.1 Å². The first kappa shape index (κ1) is 25.2. The van der Waals surface area contributed by atoms with E-state index in [0.717, 1.165) is 36.5 Å². The number of benzene rings is 2. The largest absolute Gasteiger partial charge is 0.438 e. The normalized spacial score (nSPS) is 11.2. The first-order valence-corrected chi connectivity index (χ1v) is 10.0. The van der Waals surface area contributed by atoms with E-state index in [1.54, 1.807) is 13.0 Å². The van der Waals surface area contributed by atoms with Gasteiger partial charge in [-0.25, -0.2) is 13.8 Å². The van der Waals surface area contributed by atoms with Crippen LogP contribution in [-0.2, 0) is 12.7 Å². The fraction of sp³-hybridized carbons (Fsp3) is 0.125. The number of hydrogen-bond acceptors (Lipinski definition) is 5. The number of amides is 1. The van der Waals surface area contributed by atoms with E-state index in [4.69, 9.17) is 10.00 Å². The maximum Gasteiger partial charge on any atom is 0.421 e. The molecule has 1 aromatic heterocycles. The second kappa shape index (κ2) is 10.6. The highest BCUT2D eigenvalue weighted by Gasteiger charge is 2.35. The topological polar surface area (TPSA) is 87.0 Å². The Morgan fingerprint density at radius 3 is 2.66 bits per heavy atom. The van der Waals surface area contributed by atoms with Gasteiger partial charge >= 0.3 is 6.18 Å². The Hall–Kier alpha value is -4.46. The summed E-state index contributed by atoms with van der Waals surface area (Å²) < 4.78 is 73.0. The average Bonchev–Trinajstić information content (AvgIpc) is 2.79. The van der Waals surface area contributed by atoms with Gasteiger partial charge in [0.25, 0.3) is 5.91 Å². The molecule has 3 rings (SSSR count). The van der Waals surface area contributed by atoms with Gasteiger partial charge in [0.2, 0.25) is 5.88 Å². The molecule has 0 aliphatic heterocycles. The van der Waals surface area contributed by atoms with Crippen LogP contribution >= 0.6 is 0 Å². The highest BCUT2D eigenvalue weighted by atomic mass is 19.4. The van der Waals surface area contributed by atoms with Crippen LogP contribution in [0.25, 0.3) is 6.08 Å². The first-order chi connectivity index (χ1) is 16.6. The van der Waals surface area contributed by atoms with E-state index in [1.807, 2.05) is 5.32 Å². The van der Waals surface area contributed by atoms with Crippen molar-refractivity contribution in [2.24, 2.45) is 0 Å². The molecule has 1 amide bonds. The lowest BCUT2D eigenvalue weighted by atomic mass is 10.0. The van der Waals surface area contributed by atoms with Crippen molar-refractivity contribution in [1.29, 1.82) is 5.26 Å². The number of aromatic nitrogens is 1. The number of nitriles is 1. The van der Waals surface area contributed by atoms with Gasteiger partial charge in [-0.05, 0) is 48.9 Å². The molecule has 0 spiro atoms. The van der Waals surface area contributed by atoms with Crippen molar-refractivity contribution in [2.45, 2.75) is 19.6 Å². The molecule has 0 atom stereocenters. The second-order valence-corrected chi connectivity index (χ2v) is 7.04. The molecule has 180 valence electrons. The predicted molar refractivity (Wildman–Crippen MR) is 117 cm³/mol. The molecule has 0 unspecified atom stereocenters. The SMILES string of the molecule is CC=Cc1cc(F)cc(F)c1CNc1ccc(Oc2ncccc2C(F)(F)F)cc1C(=O)NC#N. The third kappa shape index (κ3) is 6.11. The van der Waals surface area contributed by atoms with Gasteiger partial charge in [-0.1, -0.05) is 12.2 Å². The summed E-state index contributed by atoms with van der Waals surface area (Å²) >= 11 is 0. The Bertz CT molecular complexity index is 1320. The van der Waals surface area contributed by atoms with Gasteiger partial charge in [-0.15, -0.1) is 0 Å². The number of hydrogen-bond donors (Lipinski definition) is 2.